The predicted octanol–water partition coefficient (Wildman–Crippen LogP) is 0.713. The summed E-state index contributed by atoms with van der Waals surface area (Å²) in [6.07, 6.45) is 0.636. The Bertz CT molecular complexity index is 351. The van der Waals surface area contributed by atoms with Crippen LogP contribution in [0.15, 0.2) is 12.1 Å². The van der Waals surface area contributed by atoms with Crippen LogP contribution < -0.4 is 4.74 Å². The van der Waals surface area contributed by atoms with Crippen LogP contribution in [0.25, 0.3) is 0 Å². The Hall–Kier alpha value is -1.62. The Kier molecular flexibility index (Phi) is 4.05. The van der Waals surface area contributed by atoms with Gasteiger partial charge in [-0.25, -0.2) is 9.78 Å². The second-order valence-corrected chi connectivity index (χ2v) is 2.92. The number of pyridine rings is 1. The number of aliphatic hydroxyl groups excluding tert-OH is 1. The molecule has 0 atom stereocenters. The van der Waals surface area contributed by atoms with Gasteiger partial charge in [-0.2, -0.15) is 0 Å². The number of hydrogen-bond donors (Lipinski definition) is 2. The minimum Gasteiger partial charge on any atom is -0.478 e. The lowest BCUT2D eigenvalue weighted by Crippen LogP contribution is -2.06. The van der Waals surface area contributed by atoms with E-state index in [4.69, 9.17) is 14.9 Å². The number of aromatic carboxylic acids is 1. The number of carboxylic acids is 1. The fourth-order valence-electron chi connectivity index (χ4n) is 1.09. The molecule has 1 aromatic rings. The van der Waals surface area contributed by atoms with Gasteiger partial charge in [-0.15, -0.1) is 0 Å². The Morgan fingerprint density at radius 2 is 2.27 bits per heavy atom. The molecule has 0 saturated carbocycles. The Labute approximate surface area is 87.3 Å². The van der Waals surface area contributed by atoms with Gasteiger partial charge < -0.3 is 14.9 Å². The minimum absolute atomic E-state index is 0.110. The average Bonchev–Trinajstić information content (AvgIpc) is 2.25. The van der Waals surface area contributed by atoms with Crippen LogP contribution in [-0.2, 0) is 6.42 Å². The fourth-order valence-corrected chi connectivity index (χ4v) is 1.09. The zero-order valence-corrected chi connectivity index (χ0v) is 8.43. The van der Waals surface area contributed by atoms with Gasteiger partial charge in [0.15, 0.2) is 0 Å². The van der Waals surface area contributed by atoms with Gasteiger partial charge >= 0.3 is 5.97 Å². The van der Waals surface area contributed by atoms with Gasteiger partial charge in [0.1, 0.15) is 6.61 Å². The molecule has 0 aromatic carbocycles. The second-order valence-electron chi connectivity index (χ2n) is 2.92. The smallest absolute Gasteiger partial charge is 0.335 e. The van der Waals surface area contributed by atoms with E-state index in [0.717, 1.165) is 0 Å². The van der Waals surface area contributed by atoms with Crippen LogP contribution in [-0.4, -0.2) is 34.4 Å². The summed E-state index contributed by atoms with van der Waals surface area (Å²) < 4.78 is 5.06. The minimum atomic E-state index is -1.01. The number of ether oxygens (including phenoxy) is 1. The Morgan fingerprint density at radius 3 is 2.80 bits per heavy atom. The number of aromatic nitrogens is 1. The summed E-state index contributed by atoms with van der Waals surface area (Å²) in [6, 6.07) is 2.85. The lowest BCUT2D eigenvalue weighted by atomic mass is 10.2. The highest BCUT2D eigenvalue weighted by atomic mass is 16.5. The lowest BCUT2D eigenvalue weighted by molar-refractivity contribution is 0.0696. The standard InChI is InChI=1S/C10H13NO4/c1-2-8-5-7(10(13)14)6-9(11-8)15-4-3-12/h5-6,12H,2-4H2,1H3,(H,13,14). The molecule has 0 aliphatic rings. The number of nitrogens with zero attached hydrogens (tertiary/aromatic N) is 1. The molecule has 0 aliphatic carbocycles. The molecule has 0 spiro atoms. The van der Waals surface area contributed by atoms with Crippen LogP contribution in [0.4, 0.5) is 0 Å². The molecule has 0 amide bonds. The van der Waals surface area contributed by atoms with Crippen LogP contribution in [0.1, 0.15) is 23.0 Å². The fraction of sp³-hybridized carbons (Fsp3) is 0.400. The highest BCUT2D eigenvalue weighted by Crippen LogP contribution is 2.13. The van der Waals surface area contributed by atoms with Crippen LogP contribution in [0, 0.1) is 0 Å². The van der Waals surface area contributed by atoms with E-state index in [1.807, 2.05) is 6.92 Å². The summed E-state index contributed by atoms with van der Waals surface area (Å²) in [5.74, 6) is -0.776. The van der Waals surface area contributed by atoms with E-state index in [0.29, 0.717) is 12.1 Å². The molecule has 5 heteroatoms. The second kappa shape index (κ2) is 5.31. The van der Waals surface area contributed by atoms with E-state index in [-0.39, 0.29) is 24.7 Å². The molecule has 0 radical (unpaired) electrons. The van der Waals surface area contributed by atoms with Crippen molar-refractivity contribution >= 4 is 5.97 Å². The number of aryl methyl sites for hydroxylation is 1. The van der Waals surface area contributed by atoms with E-state index in [1.165, 1.54) is 12.1 Å². The molecular weight excluding hydrogens is 198 g/mol. The maximum Gasteiger partial charge on any atom is 0.335 e. The van der Waals surface area contributed by atoms with Crippen molar-refractivity contribution in [3.05, 3.63) is 23.4 Å². The highest BCUT2D eigenvalue weighted by Gasteiger charge is 2.08. The zero-order valence-electron chi connectivity index (χ0n) is 8.43. The van der Waals surface area contributed by atoms with E-state index in [1.54, 1.807) is 0 Å². The third kappa shape index (κ3) is 3.21. The van der Waals surface area contributed by atoms with Crippen LogP contribution in [0.5, 0.6) is 5.88 Å². The van der Waals surface area contributed by atoms with E-state index in [2.05, 4.69) is 4.98 Å². The quantitative estimate of drug-likeness (QED) is 0.749. The lowest BCUT2D eigenvalue weighted by Gasteiger charge is -2.06. The molecule has 82 valence electrons. The molecule has 15 heavy (non-hydrogen) atoms. The molecule has 0 saturated heterocycles. The first-order valence-corrected chi connectivity index (χ1v) is 4.65. The van der Waals surface area contributed by atoms with Crippen LogP contribution >= 0.6 is 0 Å². The van der Waals surface area contributed by atoms with Gasteiger partial charge in [-0.3, -0.25) is 0 Å². The highest BCUT2D eigenvalue weighted by molar-refractivity contribution is 5.88. The zero-order chi connectivity index (χ0) is 11.3. The predicted molar refractivity (Wildman–Crippen MR) is 53.2 cm³/mol. The molecule has 0 bridgehead atoms. The van der Waals surface area contributed by atoms with Crippen molar-refractivity contribution in [3.63, 3.8) is 0 Å². The van der Waals surface area contributed by atoms with Crippen molar-refractivity contribution < 1.29 is 19.7 Å². The maximum absolute atomic E-state index is 10.8. The third-order valence-electron chi connectivity index (χ3n) is 1.81. The van der Waals surface area contributed by atoms with Gasteiger partial charge in [0.25, 0.3) is 0 Å². The Balaban J connectivity index is 2.95. The SMILES string of the molecule is CCc1cc(C(=O)O)cc(OCCO)n1. The van der Waals surface area contributed by atoms with Crippen molar-refractivity contribution in [2.45, 2.75) is 13.3 Å². The number of rotatable bonds is 5. The third-order valence-corrected chi connectivity index (χ3v) is 1.81. The summed E-state index contributed by atoms with van der Waals surface area (Å²) in [7, 11) is 0. The molecule has 0 aliphatic heterocycles. The molecule has 1 heterocycles. The van der Waals surface area contributed by atoms with Gasteiger partial charge in [-0.05, 0) is 12.5 Å². The molecule has 0 unspecified atom stereocenters. The summed E-state index contributed by atoms with van der Waals surface area (Å²) >= 11 is 0. The van der Waals surface area contributed by atoms with Gasteiger partial charge in [0.2, 0.25) is 5.88 Å². The molecule has 1 aromatic heterocycles. The first kappa shape index (κ1) is 11.5. The summed E-state index contributed by atoms with van der Waals surface area (Å²) in [4.78, 5) is 14.8. The molecule has 2 N–H and O–H groups in total. The topological polar surface area (TPSA) is 79.7 Å². The van der Waals surface area contributed by atoms with E-state index < -0.39 is 5.97 Å². The normalized spacial score (nSPS) is 10.0. The molecule has 1 rings (SSSR count). The Morgan fingerprint density at radius 1 is 1.53 bits per heavy atom. The van der Waals surface area contributed by atoms with Crippen molar-refractivity contribution in [2.24, 2.45) is 0 Å². The summed E-state index contributed by atoms with van der Waals surface area (Å²) in [5, 5.41) is 17.4. The van der Waals surface area contributed by atoms with Gasteiger partial charge in [-0.1, -0.05) is 6.92 Å². The van der Waals surface area contributed by atoms with Crippen molar-refractivity contribution in [2.75, 3.05) is 13.2 Å². The summed E-state index contributed by atoms with van der Waals surface area (Å²) in [5.41, 5.74) is 0.803. The van der Waals surface area contributed by atoms with Gasteiger partial charge in [0, 0.05) is 11.8 Å². The van der Waals surface area contributed by atoms with E-state index in [9.17, 15) is 4.79 Å². The first-order valence-electron chi connectivity index (χ1n) is 4.65. The van der Waals surface area contributed by atoms with Crippen LogP contribution in [0.3, 0.4) is 0 Å². The molecular formula is C10H13NO4. The van der Waals surface area contributed by atoms with Crippen LogP contribution in [0.2, 0.25) is 0 Å². The number of aliphatic hydroxyl groups is 1. The largest absolute Gasteiger partial charge is 0.478 e. The van der Waals surface area contributed by atoms with E-state index >= 15 is 0 Å². The van der Waals surface area contributed by atoms with Crippen molar-refractivity contribution in [1.29, 1.82) is 0 Å². The summed E-state index contributed by atoms with van der Waals surface area (Å²) in [6.45, 7) is 1.86. The van der Waals surface area contributed by atoms with Crippen molar-refractivity contribution in [3.8, 4) is 5.88 Å². The number of hydrogen-bond acceptors (Lipinski definition) is 4. The average molecular weight is 211 g/mol. The number of carbonyl (C=O) groups is 1. The monoisotopic (exact) mass is 211 g/mol. The maximum atomic E-state index is 10.8. The molecule has 0 fully saturated rings. The first-order chi connectivity index (χ1) is 7.17. The van der Waals surface area contributed by atoms with Crippen molar-refractivity contribution in [1.82, 2.24) is 4.98 Å². The number of carboxylic acid groups (broad SMARTS) is 1. The van der Waals surface area contributed by atoms with Gasteiger partial charge in [0.05, 0.1) is 12.2 Å². The molecule has 5 nitrogen and oxygen atoms in total.